The molecule has 5 heteroatoms. The van der Waals surface area contributed by atoms with Gasteiger partial charge in [0.25, 0.3) is 0 Å². The summed E-state index contributed by atoms with van der Waals surface area (Å²) in [6, 6.07) is 0. The second-order valence-corrected chi connectivity index (χ2v) is 4.39. The maximum atomic E-state index is 11.3. The van der Waals surface area contributed by atoms with Crippen LogP contribution < -0.4 is 0 Å². The first-order valence-electron chi connectivity index (χ1n) is 3.72. The fourth-order valence-corrected chi connectivity index (χ4v) is 2.81. The van der Waals surface area contributed by atoms with Crippen LogP contribution in [0.4, 0.5) is 0 Å². The summed E-state index contributed by atoms with van der Waals surface area (Å²) in [4.78, 5) is 11.3. The third-order valence-electron chi connectivity index (χ3n) is 2.02. The Morgan fingerprint density at radius 1 is 1.58 bits per heavy atom. The molecular weight excluding hydrogens is 287 g/mol. The number of hydrogen-bond acceptors (Lipinski definition) is 3. The molecule has 0 aromatic carbocycles. The van der Waals surface area contributed by atoms with E-state index in [-0.39, 0.29) is 5.78 Å². The van der Waals surface area contributed by atoms with Gasteiger partial charge in [-0.3, -0.25) is 4.79 Å². The SMILES string of the molecule is O=C1CCCc2c1cnn2SI. The van der Waals surface area contributed by atoms with E-state index in [2.05, 4.69) is 26.3 Å². The predicted octanol–water partition coefficient (Wildman–Crippen LogP) is 2.25. The maximum absolute atomic E-state index is 11.3. The minimum atomic E-state index is 0.243. The van der Waals surface area contributed by atoms with Crippen LogP contribution in [0.3, 0.4) is 0 Å². The molecule has 0 saturated carbocycles. The van der Waals surface area contributed by atoms with Crippen molar-refractivity contribution in [2.75, 3.05) is 0 Å². The molecule has 0 atom stereocenters. The van der Waals surface area contributed by atoms with Gasteiger partial charge in [-0.1, -0.05) is 0 Å². The van der Waals surface area contributed by atoms with Crippen molar-refractivity contribution in [3.8, 4) is 0 Å². The fourth-order valence-electron chi connectivity index (χ4n) is 1.43. The zero-order valence-electron chi connectivity index (χ0n) is 6.29. The summed E-state index contributed by atoms with van der Waals surface area (Å²) in [7, 11) is 1.52. The number of ketones is 1. The number of rotatable bonds is 1. The molecule has 3 nitrogen and oxygen atoms in total. The molecule has 0 N–H and O–H groups in total. The highest BCUT2D eigenvalue weighted by Gasteiger charge is 2.21. The lowest BCUT2D eigenvalue weighted by Crippen LogP contribution is -2.10. The van der Waals surface area contributed by atoms with Gasteiger partial charge < -0.3 is 0 Å². The molecule has 0 unspecified atom stereocenters. The molecule has 1 aromatic rings. The molecule has 0 bridgehead atoms. The van der Waals surface area contributed by atoms with Crippen molar-refractivity contribution in [2.24, 2.45) is 0 Å². The van der Waals surface area contributed by atoms with Gasteiger partial charge >= 0.3 is 0 Å². The van der Waals surface area contributed by atoms with Crippen LogP contribution in [0.2, 0.25) is 0 Å². The minimum Gasteiger partial charge on any atom is -0.294 e. The third-order valence-corrected chi connectivity index (χ3v) is 3.58. The average molecular weight is 294 g/mol. The molecule has 0 spiro atoms. The van der Waals surface area contributed by atoms with E-state index in [1.54, 1.807) is 6.20 Å². The Morgan fingerprint density at radius 2 is 2.42 bits per heavy atom. The first kappa shape index (κ1) is 8.55. The molecule has 1 heterocycles. The number of carbonyl (C=O) groups is 1. The van der Waals surface area contributed by atoms with Crippen LogP contribution in [-0.2, 0) is 6.42 Å². The van der Waals surface area contributed by atoms with E-state index in [0.29, 0.717) is 6.42 Å². The van der Waals surface area contributed by atoms with E-state index in [1.165, 1.54) is 9.12 Å². The lowest BCUT2D eigenvalue weighted by atomic mass is 9.97. The number of aromatic nitrogens is 2. The van der Waals surface area contributed by atoms with Gasteiger partial charge in [0.1, 0.15) is 0 Å². The van der Waals surface area contributed by atoms with E-state index < -0.39 is 0 Å². The van der Waals surface area contributed by atoms with Crippen molar-refractivity contribution < 1.29 is 4.79 Å². The molecule has 64 valence electrons. The lowest BCUT2D eigenvalue weighted by molar-refractivity contribution is 0.0972. The topological polar surface area (TPSA) is 34.9 Å². The standard InChI is InChI=1S/C7H7IN2OS/c8-12-10-6-2-1-3-7(11)5(6)4-9-10/h4H,1-3H2. The van der Waals surface area contributed by atoms with Gasteiger partial charge in [0.15, 0.2) is 5.78 Å². The average Bonchev–Trinajstić information content (AvgIpc) is 2.49. The molecule has 0 aliphatic heterocycles. The van der Waals surface area contributed by atoms with E-state index >= 15 is 0 Å². The monoisotopic (exact) mass is 294 g/mol. The van der Waals surface area contributed by atoms with Crippen LogP contribution in [0.15, 0.2) is 6.20 Å². The largest absolute Gasteiger partial charge is 0.294 e. The number of fused-ring (bicyclic) bond motifs is 1. The number of halogens is 1. The highest BCUT2D eigenvalue weighted by molar-refractivity contribution is 14.2. The number of carbonyl (C=O) groups excluding carboxylic acids is 1. The van der Waals surface area contributed by atoms with E-state index in [0.717, 1.165) is 24.1 Å². The quantitative estimate of drug-likeness (QED) is 0.745. The third kappa shape index (κ3) is 1.28. The zero-order chi connectivity index (χ0) is 8.55. The van der Waals surface area contributed by atoms with Crippen LogP contribution in [0.25, 0.3) is 0 Å². The Labute approximate surface area is 86.6 Å². The molecular formula is C7H7IN2OS. The van der Waals surface area contributed by atoms with Gasteiger partial charge in [-0.05, 0) is 12.8 Å². The second-order valence-electron chi connectivity index (χ2n) is 2.72. The van der Waals surface area contributed by atoms with Gasteiger partial charge in [-0.15, -0.1) is 0 Å². The normalized spacial score (nSPS) is 16.2. The predicted molar refractivity (Wildman–Crippen MR) is 56.5 cm³/mol. The Bertz CT molecular complexity index is 323. The number of nitrogens with zero attached hydrogens (tertiary/aromatic N) is 2. The maximum Gasteiger partial charge on any atom is 0.166 e. The van der Waals surface area contributed by atoms with Crippen molar-refractivity contribution in [1.29, 1.82) is 0 Å². The Kier molecular flexibility index (Phi) is 2.40. The van der Waals surface area contributed by atoms with E-state index in [4.69, 9.17) is 0 Å². The van der Waals surface area contributed by atoms with Crippen LogP contribution in [-0.4, -0.2) is 15.0 Å². The summed E-state index contributed by atoms with van der Waals surface area (Å²) in [5, 5.41) is 4.12. The van der Waals surface area contributed by atoms with E-state index in [1.807, 2.05) is 4.09 Å². The molecule has 1 aliphatic carbocycles. The summed E-state index contributed by atoms with van der Waals surface area (Å²) in [6.45, 7) is 0. The summed E-state index contributed by atoms with van der Waals surface area (Å²) in [5.74, 6) is 0.243. The van der Waals surface area contributed by atoms with Crippen molar-refractivity contribution in [3.63, 3.8) is 0 Å². The van der Waals surface area contributed by atoms with Gasteiger partial charge in [0.05, 0.1) is 17.5 Å². The molecule has 1 aliphatic rings. The van der Waals surface area contributed by atoms with Gasteiger partial charge in [0.2, 0.25) is 0 Å². The summed E-state index contributed by atoms with van der Waals surface area (Å²) in [6.07, 6.45) is 4.32. The van der Waals surface area contributed by atoms with Gasteiger partial charge in [0, 0.05) is 36.7 Å². The summed E-state index contributed by atoms with van der Waals surface area (Å²) >= 11 is 2.17. The summed E-state index contributed by atoms with van der Waals surface area (Å²) < 4.78 is 1.83. The van der Waals surface area contributed by atoms with Crippen molar-refractivity contribution in [3.05, 3.63) is 17.5 Å². The van der Waals surface area contributed by atoms with Crippen LogP contribution >= 0.6 is 30.3 Å². The highest BCUT2D eigenvalue weighted by atomic mass is 127. The molecule has 0 fully saturated rings. The lowest BCUT2D eigenvalue weighted by Gasteiger charge is -2.10. The van der Waals surface area contributed by atoms with Crippen LogP contribution in [0, 0.1) is 0 Å². The second kappa shape index (κ2) is 3.37. The Hall–Kier alpha value is -0.0400. The highest BCUT2D eigenvalue weighted by Crippen LogP contribution is 2.26. The fraction of sp³-hybridized carbons (Fsp3) is 0.429. The molecule has 2 rings (SSSR count). The number of hydrogen-bond donors (Lipinski definition) is 0. The molecule has 1 aromatic heterocycles. The van der Waals surface area contributed by atoms with Crippen molar-refractivity contribution >= 4 is 36.1 Å². The number of Topliss-reactive ketones (excluding diaryl/α,β-unsaturated/α-hetero) is 1. The molecule has 0 radical (unpaired) electrons. The molecule has 0 saturated heterocycles. The van der Waals surface area contributed by atoms with Crippen molar-refractivity contribution in [1.82, 2.24) is 9.19 Å². The Morgan fingerprint density at radius 3 is 3.17 bits per heavy atom. The molecule has 0 amide bonds. The van der Waals surface area contributed by atoms with E-state index in [9.17, 15) is 4.79 Å². The van der Waals surface area contributed by atoms with Gasteiger partial charge in [-0.2, -0.15) is 9.19 Å². The minimum absolute atomic E-state index is 0.243. The Balaban J connectivity index is 2.48. The smallest absolute Gasteiger partial charge is 0.166 e. The summed E-state index contributed by atoms with van der Waals surface area (Å²) in [5.41, 5.74) is 1.91. The van der Waals surface area contributed by atoms with Crippen molar-refractivity contribution in [2.45, 2.75) is 19.3 Å². The first-order chi connectivity index (χ1) is 5.83. The van der Waals surface area contributed by atoms with Gasteiger partial charge in [-0.25, -0.2) is 0 Å². The molecule has 12 heavy (non-hydrogen) atoms. The first-order valence-corrected chi connectivity index (χ1v) is 7.03. The van der Waals surface area contributed by atoms with Crippen LogP contribution in [0.1, 0.15) is 28.9 Å². The van der Waals surface area contributed by atoms with Crippen LogP contribution in [0.5, 0.6) is 0 Å². The zero-order valence-corrected chi connectivity index (χ0v) is 9.26.